The lowest BCUT2D eigenvalue weighted by Crippen LogP contribution is -2.41. The molecular formula is C36H38ClN3O2S. The zero-order valence-corrected chi connectivity index (χ0v) is 26.9. The molecule has 0 unspecified atom stereocenters. The Morgan fingerprint density at radius 1 is 1.05 bits per heavy atom. The highest BCUT2D eigenvalue weighted by Gasteiger charge is 2.46. The van der Waals surface area contributed by atoms with Crippen molar-refractivity contribution in [1.29, 1.82) is 0 Å². The summed E-state index contributed by atoms with van der Waals surface area (Å²) in [6.45, 7) is 9.79. The van der Waals surface area contributed by atoms with Gasteiger partial charge in [-0.15, -0.1) is 11.3 Å². The summed E-state index contributed by atoms with van der Waals surface area (Å²) in [6, 6.07) is 15.6. The SMILES string of the molecule is CCc1cccc(CC)c1-n1c(C=C(C)C)c(C(=O)N2CCCC3(CC3)C2)cc(-c2nc(-c3ccc(Cl)cc3)cs2)c1=O. The van der Waals surface area contributed by atoms with Crippen LogP contribution in [-0.4, -0.2) is 33.4 Å². The maximum atomic E-state index is 14.7. The Bertz CT molecular complexity index is 1750. The molecule has 1 aliphatic carbocycles. The fraction of sp³-hybridized carbons (Fsp3) is 0.361. The van der Waals surface area contributed by atoms with E-state index < -0.39 is 0 Å². The normalized spacial score (nSPS) is 15.5. The molecule has 2 aromatic heterocycles. The van der Waals surface area contributed by atoms with Crippen LogP contribution in [0.1, 0.15) is 80.6 Å². The Kier molecular flexibility index (Phi) is 8.18. The average Bonchev–Trinajstić information content (AvgIpc) is 3.55. The van der Waals surface area contributed by atoms with Gasteiger partial charge in [0.2, 0.25) is 0 Å². The summed E-state index contributed by atoms with van der Waals surface area (Å²) >= 11 is 7.55. The summed E-state index contributed by atoms with van der Waals surface area (Å²) in [5, 5.41) is 3.23. The number of halogens is 1. The number of hydrogen-bond donors (Lipinski definition) is 0. The van der Waals surface area contributed by atoms with E-state index in [1.54, 1.807) is 0 Å². The van der Waals surface area contributed by atoms with Crippen molar-refractivity contribution in [1.82, 2.24) is 14.5 Å². The van der Waals surface area contributed by atoms with E-state index in [0.717, 1.165) is 66.0 Å². The zero-order chi connectivity index (χ0) is 30.3. The lowest BCUT2D eigenvalue weighted by atomic mass is 9.94. The number of carbonyl (C=O) groups excluding carboxylic acids is 1. The molecule has 1 spiro atoms. The van der Waals surface area contributed by atoms with Gasteiger partial charge in [0.1, 0.15) is 5.01 Å². The van der Waals surface area contributed by atoms with Crippen molar-refractivity contribution in [3.63, 3.8) is 0 Å². The first-order valence-corrected chi connectivity index (χ1v) is 16.6. The number of nitrogens with zero attached hydrogens (tertiary/aromatic N) is 3. The number of carbonyl (C=O) groups is 1. The van der Waals surface area contributed by atoms with E-state index >= 15 is 0 Å². The highest BCUT2D eigenvalue weighted by atomic mass is 35.5. The van der Waals surface area contributed by atoms with Crippen LogP contribution in [0.3, 0.4) is 0 Å². The van der Waals surface area contributed by atoms with E-state index in [1.807, 2.05) is 65.1 Å². The number of benzene rings is 2. The molecule has 43 heavy (non-hydrogen) atoms. The molecular weight excluding hydrogens is 574 g/mol. The molecule has 0 radical (unpaired) electrons. The van der Waals surface area contributed by atoms with E-state index in [9.17, 15) is 9.59 Å². The standard InChI is InChI=1S/C36H38ClN3O2S/c1-5-24-9-7-10-25(6-2)32(24)40-31(19-23(3)4)28(34(41)39-18-8-15-36(22-39)16-17-36)20-29(35(40)42)33-38-30(21-43-33)26-11-13-27(37)14-12-26/h7,9-14,19-21H,5-6,8,15-18,22H2,1-4H3. The quantitative estimate of drug-likeness (QED) is 0.210. The van der Waals surface area contributed by atoms with Crippen LogP contribution < -0.4 is 5.56 Å². The topological polar surface area (TPSA) is 55.2 Å². The Morgan fingerprint density at radius 2 is 1.74 bits per heavy atom. The van der Waals surface area contributed by atoms with Crippen molar-refractivity contribution >= 4 is 34.9 Å². The fourth-order valence-corrected chi connectivity index (χ4v) is 7.34. The van der Waals surface area contributed by atoms with Gasteiger partial charge in [-0.05, 0) is 93.2 Å². The Morgan fingerprint density at radius 3 is 2.37 bits per heavy atom. The maximum Gasteiger partial charge on any atom is 0.265 e. The molecule has 3 heterocycles. The van der Waals surface area contributed by atoms with Gasteiger partial charge in [-0.1, -0.05) is 61.4 Å². The molecule has 7 heteroatoms. The van der Waals surface area contributed by atoms with Gasteiger partial charge < -0.3 is 4.90 Å². The predicted molar refractivity (Wildman–Crippen MR) is 178 cm³/mol. The third-order valence-electron chi connectivity index (χ3n) is 8.86. The van der Waals surface area contributed by atoms with Gasteiger partial charge in [-0.2, -0.15) is 0 Å². The van der Waals surface area contributed by atoms with Crippen LogP contribution in [0.4, 0.5) is 0 Å². The number of thiazole rings is 1. The van der Waals surface area contributed by atoms with E-state index in [1.165, 1.54) is 30.6 Å². The second kappa shape index (κ2) is 11.9. The van der Waals surface area contributed by atoms with Crippen LogP contribution in [0.15, 0.2) is 64.3 Å². The summed E-state index contributed by atoms with van der Waals surface area (Å²) in [5.41, 5.74) is 7.56. The van der Waals surface area contributed by atoms with Crippen molar-refractivity contribution in [3.8, 4) is 27.5 Å². The van der Waals surface area contributed by atoms with Crippen molar-refractivity contribution in [2.24, 2.45) is 5.41 Å². The van der Waals surface area contributed by atoms with Gasteiger partial charge in [-0.25, -0.2) is 4.98 Å². The van der Waals surface area contributed by atoms with Crippen LogP contribution >= 0.6 is 22.9 Å². The molecule has 4 aromatic rings. The first kappa shape index (κ1) is 29.6. The number of amides is 1. The minimum absolute atomic E-state index is 0.00464. The molecule has 1 saturated carbocycles. The van der Waals surface area contributed by atoms with Gasteiger partial charge in [0.25, 0.3) is 11.5 Å². The minimum Gasteiger partial charge on any atom is -0.338 e. The first-order valence-electron chi connectivity index (χ1n) is 15.3. The smallest absolute Gasteiger partial charge is 0.265 e. The molecule has 0 N–H and O–H groups in total. The molecule has 5 nitrogen and oxygen atoms in total. The average molecular weight is 612 g/mol. The number of pyridine rings is 1. The Labute approximate surface area is 262 Å². The monoisotopic (exact) mass is 611 g/mol. The number of aryl methyl sites for hydroxylation is 2. The van der Waals surface area contributed by atoms with Gasteiger partial charge in [0.05, 0.1) is 28.2 Å². The van der Waals surface area contributed by atoms with E-state index in [0.29, 0.717) is 26.9 Å². The van der Waals surface area contributed by atoms with Crippen LogP contribution in [-0.2, 0) is 12.8 Å². The highest BCUT2D eigenvalue weighted by Crippen LogP contribution is 2.52. The molecule has 2 aromatic carbocycles. The van der Waals surface area contributed by atoms with Gasteiger partial charge >= 0.3 is 0 Å². The number of rotatable bonds is 7. The lowest BCUT2D eigenvalue weighted by molar-refractivity contribution is 0.0653. The fourth-order valence-electron chi connectivity index (χ4n) is 6.38. The largest absolute Gasteiger partial charge is 0.338 e. The lowest BCUT2D eigenvalue weighted by Gasteiger charge is -2.33. The highest BCUT2D eigenvalue weighted by molar-refractivity contribution is 7.13. The summed E-state index contributed by atoms with van der Waals surface area (Å²) in [7, 11) is 0. The molecule has 0 bridgehead atoms. The van der Waals surface area contributed by atoms with Crippen LogP contribution in [0.5, 0.6) is 0 Å². The van der Waals surface area contributed by atoms with Gasteiger partial charge in [-0.3, -0.25) is 14.2 Å². The molecule has 1 amide bonds. The number of allylic oxidation sites excluding steroid dienone is 1. The third kappa shape index (κ3) is 5.75. The van der Waals surface area contributed by atoms with Crippen LogP contribution in [0, 0.1) is 5.41 Å². The summed E-state index contributed by atoms with van der Waals surface area (Å²) in [4.78, 5) is 36.2. The second-order valence-electron chi connectivity index (χ2n) is 12.2. The molecule has 0 atom stereocenters. The summed E-state index contributed by atoms with van der Waals surface area (Å²) in [6.07, 6.45) is 8.14. The van der Waals surface area contributed by atoms with Crippen molar-refractivity contribution < 1.29 is 4.79 Å². The Balaban J connectivity index is 1.61. The summed E-state index contributed by atoms with van der Waals surface area (Å²) in [5.74, 6) is -0.00464. The number of para-hydroxylation sites is 1. The van der Waals surface area contributed by atoms with Crippen molar-refractivity contribution in [2.75, 3.05) is 13.1 Å². The summed E-state index contributed by atoms with van der Waals surface area (Å²) < 4.78 is 1.81. The number of likely N-dealkylation sites (tertiary alicyclic amines) is 1. The Hall–Kier alpha value is -3.48. The molecule has 2 aliphatic rings. The van der Waals surface area contributed by atoms with Crippen LogP contribution in [0.2, 0.25) is 5.02 Å². The number of piperidine rings is 1. The van der Waals surface area contributed by atoms with Crippen molar-refractivity contribution in [2.45, 2.75) is 66.2 Å². The first-order chi connectivity index (χ1) is 20.7. The van der Waals surface area contributed by atoms with Crippen molar-refractivity contribution in [3.05, 3.63) is 97.2 Å². The molecule has 222 valence electrons. The van der Waals surface area contributed by atoms with E-state index in [4.69, 9.17) is 16.6 Å². The maximum absolute atomic E-state index is 14.7. The third-order valence-corrected chi connectivity index (χ3v) is 9.99. The molecule has 6 rings (SSSR count). The minimum atomic E-state index is -0.158. The molecule has 1 saturated heterocycles. The zero-order valence-electron chi connectivity index (χ0n) is 25.4. The number of hydrogen-bond acceptors (Lipinski definition) is 4. The number of aromatic nitrogens is 2. The van der Waals surface area contributed by atoms with E-state index in [-0.39, 0.29) is 16.9 Å². The second-order valence-corrected chi connectivity index (χ2v) is 13.5. The van der Waals surface area contributed by atoms with Gasteiger partial charge in [0.15, 0.2) is 0 Å². The molecule has 1 aliphatic heterocycles. The van der Waals surface area contributed by atoms with E-state index in [2.05, 4.69) is 32.0 Å². The predicted octanol–water partition coefficient (Wildman–Crippen LogP) is 8.85. The van der Waals surface area contributed by atoms with Gasteiger partial charge in [0, 0.05) is 29.1 Å². The molecule has 2 fully saturated rings. The van der Waals surface area contributed by atoms with Crippen LogP contribution in [0.25, 0.3) is 33.6 Å².